The van der Waals surface area contributed by atoms with Gasteiger partial charge in [-0.15, -0.1) is 0 Å². The van der Waals surface area contributed by atoms with Gasteiger partial charge in [0.15, 0.2) is 0 Å². The summed E-state index contributed by atoms with van der Waals surface area (Å²) >= 11 is 7.09. The SMILES string of the molecule is COc1ccc(Cl)cc1C(=O)Nc1c(C)ccc2nsnc12. The first-order chi connectivity index (χ1) is 10.6. The Hall–Kier alpha value is -2.18. The Morgan fingerprint density at radius 2 is 2.09 bits per heavy atom. The van der Waals surface area contributed by atoms with Crippen molar-refractivity contribution in [3.8, 4) is 5.75 Å². The standard InChI is InChI=1S/C15H12ClN3O2S/c1-8-3-5-11-14(19-22-18-11)13(8)17-15(20)10-7-9(16)4-6-12(10)21-2/h3-7H,1-2H3,(H,17,20). The Bertz CT molecular complexity index is 863. The molecule has 1 heterocycles. The molecule has 0 radical (unpaired) electrons. The topological polar surface area (TPSA) is 64.1 Å². The van der Waals surface area contributed by atoms with Gasteiger partial charge in [0, 0.05) is 5.02 Å². The molecule has 0 atom stereocenters. The van der Waals surface area contributed by atoms with Gasteiger partial charge in [-0.25, -0.2) is 0 Å². The molecule has 0 aliphatic carbocycles. The summed E-state index contributed by atoms with van der Waals surface area (Å²) in [5.74, 6) is 0.158. The number of benzene rings is 2. The molecule has 22 heavy (non-hydrogen) atoms. The summed E-state index contributed by atoms with van der Waals surface area (Å²) in [6.07, 6.45) is 0. The van der Waals surface area contributed by atoms with Gasteiger partial charge < -0.3 is 10.1 Å². The van der Waals surface area contributed by atoms with Crippen LogP contribution < -0.4 is 10.1 Å². The molecule has 5 nitrogen and oxygen atoms in total. The van der Waals surface area contributed by atoms with Gasteiger partial charge in [0.1, 0.15) is 16.8 Å². The molecular formula is C15H12ClN3O2S. The number of halogens is 1. The molecule has 0 saturated carbocycles. The van der Waals surface area contributed by atoms with Crippen molar-refractivity contribution in [3.63, 3.8) is 0 Å². The quantitative estimate of drug-likeness (QED) is 0.789. The number of fused-ring (bicyclic) bond motifs is 1. The smallest absolute Gasteiger partial charge is 0.259 e. The number of ether oxygens (including phenoxy) is 1. The van der Waals surface area contributed by atoms with Gasteiger partial charge in [-0.2, -0.15) is 8.75 Å². The maximum atomic E-state index is 12.6. The van der Waals surface area contributed by atoms with Crippen molar-refractivity contribution in [2.45, 2.75) is 6.92 Å². The highest BCUT2D eigenvalue weighted by atomic mass is 35.5. The van der Waals surface area contributed by atoms with Crippen LogP contribution in [0.4, 0.5) is 5.69 Å². The van der Waals surface area contributed by atoms with Crippen LogP contribution >= 0.6 is 23.3 Å². The van der Waals surface area contributed by atoms with E-state index in [2.05, 4.69) is 14.1 Å². The minimum atomic E-state index is -0.303. The molecule has 7 heteroatoms. The van der Waals surface area contributed by atoms with Crippen LogP contribution in [0.2, 0.25) is 5.02 Å². The zero-order chi connectivity index (χ0) is 15.7. The summed E-state index contributed by atoms with van der Waals surface area (Å²) in [5.41, 5.74) is 3.37. The van der Waals surface area contributed by atoms with Crippen molar-refractivity contribution < 1.29 is 9.53 Å². The summed E-state index contributed by atoms with van der Waals surface area (Å²) in [5, 5.41) is 3.35. The number of nitrogens with zero attached hydrogens (tertiary/aromatic N) is 2. The molecule has 112 valence electrons. The fourth-order valence-corrected chi connectivity index (χ4v) is 2.86. The molecule has 2 aromatic carbocycles. The number of carbonyl (C=O) groups excluding carboxylic acids is 1. The maximum Gasteiger partial charge on any atom is 0.259 e. The Labute approximate surface area is 136 Å². The fourth-order valence-electron chi connectivity index (χ4n) is 2.15. The van der Waals surface area contributed by atoms with Gasteiger partial charge in [0.25, 0.3) is 5.91 Å². The van der Waals surface area contributed by atoms with Crippen LogP contribution in [0.5, 0.6) is 5.75 Å². The number of nitrogens with one attached hydrogen (secondary N) is 1. The fraction of sp³-hybridized carbons (Fsp3) is 0.133. The molecule has 3 rings (SSSR count). The van der Waals surface area contributed by atoms with Crippen LogP contribution in [0.25, 0.3) is 11.0 Å². The Morgan fingerprint density at radius 1 is 1.27 bits per heavy atom. The first-order valence-electron chi connectivity index (χ1n) is 6.47. The number of amides is 1. The highest BCUT2D eigenvalue weighted by molar-refractivity contribution is 7.00. The van der Waals surface area contributed by atoms with E-state index in [1.807, 2.05) is 19.1 Å². The Kier molecular flexibility index (Phi) is 3.96. The van der Waals surface area contributed by atoms with Crippen molar-refractivity contribution in [1.29, 1.82) is 0 Å². The highest BCUT2D eigenvalue weighted by Gasteiger charge is 2.16. The van der Waals surface area contributed by atoms with Crippen molar-refractivity contribution >= 4 is 46.0 Å². The van der Waals surface area contributed by atoms with Crippen LogP contribution in [0.1, 0.15) is 15.9 Å². The predicted molar refractivity (Wildman–Crippen MR) is 88.1 cm³/mol. The van der Waals surface area contributed by atoms with Crippen molar-refractivity contribution in [2.75, 3.05) is 12.4 Å². The van der Waals surface area contributed by atoms with Gasteiger partial charge >= 0.3 is 0 Å². The average molecular weight is 334 g/mol. The molecule has 1 N–H and O–H groups in total. The molecule has 0 saturated heterocycles. The number of methoxy groups -OCH3 is 1. The summed E-state index contributed by atoms with van der Waals surface area (Å²) in [6, 6.07) is 8.69. The lowest BCUT2D eigenvalue weighted by Gasteiger charge is -2.11. The Morgan fingerprint density at radius 3 is 2.86 bits per heavy atom. The first kappa shape index (κ1) is 14.7. The monoisotopic (exact) mass is 333 g/mol. The van der Waals surface area contributed by atoms with E-state index in [1.165, 1.54) is 7.11 Å². The van der Waals surface area contributed by atoms with E-state index < -0.39 is 0 Å². The second-order valence-electron chi connectivity index (χ2n) is 4.69. The largest absolute Gasteiger partial charge is 0.496 e. The first-order valence-corrected chi connectivity index (χ1v) is 7.57. The zero-order valence-electron chi connectivity index (χ0n) is 11.9. The second kappa shape index (κ2) is 5.90. The third kappa shape index (κ3) is 2.63. The minimum Gasteiger partial charge on any atom is -0.496 e. The second-order valence-corrected chi connectivity index (χ2v) is 5.65. The third-order valence-electron chi connectivity index (χ3n) is 3.28. The highest BCUT2D eigenvalue weighted by Crippen LogP contribution is 2.28. The van der Waals surface area contributed by atoms with E-state index in [1.54, 1.807) is 18.2 Å². The molecular weight excluding hydrogens is 322 g/mol. The van der Waals surface area contributed by atoms with Gasteiger partial charge in [-0.1, -0.05) is 17.7 Å². The Balaban J connectivity index is 2.02. The van der Waals surface area contributed by atoms with Gasteiger partial charge in [-0.3, -0.25) is 4.79 Å². The van der Waals surface area contributed by atoms with E-state index in [0.29, 0.717) is 27.5 Å². The number of hydrogen-bond acceptors (Lipinski definition) is 5. The van der Waals surface area contributed by atoms with Crippen LogP contribution in [-0.2, 0) is 0 Å². The minimum absolute atomic E-state index is 0.303. The van der Waals surface area contributed by atoms with Crippen LogP contribution in [0, 0.1) is 6.92 Å². The number of anilines is 1. The summed E-state index contributed by atoms with van der Waals surface area (Å²) in [4.78, 5) is 12.6. The van der Waals surface area contributed by atoms with Gasteiger partial charge in [0.2, 0.25) is 0 Å². The summed E-state index contributed by atoms with van der Waals surface area (Å²) < 4.78 is 13.6. The van der Waals surface area contributed by atoms with Crippen molar-refractivity contribution in [2.24, 2.45) is 0 Å². The van der Waals surface area contributed by atoms with Crippen LogP contribution in [0.3, 0.4) is 0 Å². The molecule has 0 unspecified atom stereocenters. The van der Waals surface area contributed by atoms with Crippen molar-refractivity contribution in [3.05, 3.63) is 46.5 Å². The molecule has 0 spiro atoms. The van der Waals surface area contributed by atoms with E-state index in [4.69, 9.17) is 16.3 Å². The maximum absolute atomic E-state index is 12.6. The van der Waals surface area contributed by atoms with Gasteiger partial charge in [-0.05, 0) is 36.8 Å². The zero-order valence-corrected chi connectivity index (χ0v) is 13.5. The van der Waals surface area contributed by atoms with Crippen molar-refractivity contribution in [1.82, 2.24) is 8.75 Å². The number of aromatic nitrogens is 2. The molecule has 0 aliphatic heterocycles. The molecule has 3 aromatic rings. The number of carbonyl (C=O) groups is 1. The lowest BCUT2D eigenvalue weighted by Crippen LogP contribution is -2.14. The average Bonchev–Trinajstić information content (AvgIpc) is 2.98. The van der Waals surface area contributed by atoms with Crippen LogP contribution in [0.15, 0.2) is 30.3 Å². The molecule has 0 aliphatic rings. The number of hydrogen-bond donors (Lipinski definition) is 1. The molecule has 1 aromatic heterocycles. The predicted octanol–water partition coefficient (Wildman–Crippen LogP) is 3.91. The summed E-state index contributed by atoms with van der Waals surface area (Å²) in [6.45, 7) is 1.91. The normalized spacial score (nSPS) is 10.7. The number of rotatable bonds is 3. The number of aryl methyl sites for hydroxylation is 1. The summed E-state index contributed by atoms with van der Waals surface area (Å²) in [7, 11) is 1.51. The third-order valence-corrected chi connectivity index (χ3v) is 4.06. The molecule has 0 fully saturated rings. The van der Waals surface area contributed by atoms with Gasteiger partial charge in [0.05, 0.1) is 30.1 Å². The molecule has 0 bridgehead atoms. The van der Waals surface area contributed by atoms with Crippen LogP contribution in [-0.4, -0.2) is 21.8 Å². The van der Waals surface area contributed by atoms with E-state index >= 15 is 0 Å². The van der Waals surface area contributed by atoms with E-state index in [-0.39, 0.29) is 5.91 Å². The molecule has 1 amide bonds. The lowest BCUT2D eigenvalue weighted by atomic mass is 10.1. The van der Waals surface area contributed by atoms with E-state index in [9.17, 15) is 4.79 Å². The van der Waals surface area contributed by atoms with E-state index in [0.717, 1.165) is 22.8 Å². The lowest BCUT2D eigenvalue weighted by molar-refractivity contribution is 0.102.